The van der Waals surface area contributed by atoms with Crippen molar-refractivity contribution in [2.24, 2.45) is 10.1 Å². The first kappa shape index (κ1) is 15.2. The van der Waals surface area contributed by atoms with Gasteiger partial charge in [-0.1, -0.05) is 0 Å². The third-order valence-electron chi connectivity index (χ3n) is 3.20. The van der Waals surface area contributed by atoms with Crippen LogP contribution in [0.3, 0.4) is 0 Å². The fourth-order valence-corrected chi connectivity index (χ4v) is 2.02. The van der Waals surface area contributed by atoms with E-state index in [2.05, 4.69) is 10.1 Å². The van der Waals surface area contributed by atoms with Crippen LogP contribution in [0.2, 0.25) is 0 Å². The lowest BCUT2D eigenvalue weighted by atomic mass is 10.2. The molecule has 0 aliphatic carbocycles. The monoisotopic (exact) mass is 287 g/mol. The van der Waals surface area contributed by atoms with Crippen LogP contribution in [0, 0.1) is 5.41 Å². The summed E-state index contributed by atoms with van der Waals surface area (Å²) in [7, 11) is 3.95. The van der Waals surface area contributed by atoms with E-state index in [4.69, 9.17) is 5.41 Å². The van der Waals surface area contributed by atoms with Gasteiger partial charge >= 0.3 is 0 Å². The average Bonchev–Trinajstić information content (AvgIpc) is 2.76. The molecule has 1 heterocycles. The summed E-state index contributed by atoms with van der Waals surface area (Å²) < 4.78 is 0. The molecule has 0 amide bonds. The molecular weight excluding hydrogens is 266 g/mol. The van der Waals surface area contributed by atoms with Gasteiger partial charge in [0.25, 0.3) is 0 Å². The van der Waals surface area contributed by atoms with Gasteiger partial charge in [-0.2, -0.15) is 5.10 Å². The predicted molar refractivity (Wildman–Crippen MR) is 87.1 cm³/mol. The summed E-state index contributed by atoms with van der Waals surface area (Å²) in [5.41, 5.74) is 2.70. The summed E-state index contributed by atoms with van der Waals surface area (Å²) in [5.74, 6) is 0.228. The molecule has 1 aromatic rings. The van der Waals surface area contributed by atoms with Crippen LogP contribution in [-0.2, 0) is 0 Å². The highest BCUT2D eigenvalue weighted by molar-refractivity contribution is 6.70. The van der Waals surface area contributed by atoms with Crippen LogP contribution in [0.5, 0.6) is 0 Å². The number of aliphatic hydroxyl groups excluding tert-OH is 1. The molecule has 0 saturated heterocycles. The summed E-state index contributed by atoms with van der Waals surface area (Å²) in [6.07, 6.45) is 0. The minimum Gasteiger partial charge on any atom is -0.390 e. The van der Waals surface area contributed by atoms with E-state index in [0.29, 0.717) is 11.4 Å². The summed E-state index contributed by atoms with van der Waals surface area (Å²) in [4.78, 5) is 6.48. The minimum absolute atomic E-state index is 0.0582. The maximum atomic E-state index is 9.41. The Labute approximate surface area is 124 Å². The predicted octanol–water partition coefficient (Wildman–Crippen LogP) is 1.87. The van der Waals surface area contributed by atoms with Crippen LogP contribution < -0.4 is 4.90 Å². The van der Waals surface area contributed by atoms with Crippen molar-refractivity contribution in [3.63, 3.8) is 0 Å². The molecule has 0 radical (unpaired) electrons. The van der Waals surface area contributed by atoms with E-state index in [9.17, 15) is 5.11 Å². The van der Waals surface area contributed by atoms with Crippen molar-refractivity contribution in [3.05, 3.63) is 24.3 Å². The molecule has 6 nitrogen and oxygen atoms in total. The second-order valence-corrected chi connectivity index (χ2v) is 5.36. The smallest absolute Gasteiger partial charge is 0.169 e. The van der Waals surface area contributed by atoms with E-state index in [0.717, 1.165) is 11.4 Å². The summed E-state index contributed by atoms with van der Waals surface area (Å²) in [5, 5.41) is 23.4. The van der Waals surface area contributed by atoms with Crippen LogP contribution in [0.25, 0.3) is 0 Å². The SMILES string of the molecule is CC(C)N1N=C(CO)C(=Nc2ccc(N(C)C)cc2)C1=N. The number of aliphatic hydroxyl groups is 1. The standard InChI is InChI=1S/C15H21N5O/c1-10(2)20-15(16)14(13(9-21)18-20)17-11-5-7-12(8-6-11)19(3)4/h5-8,10,16,21H,9H2,1-4H3. The summed E-state index contributed by atoms with van der Waals surface area (Å²) in [6.45, 7) is 3.67. The number of nitrogens with one attached hydrogen (secondary N) is 1. The van der Waals surface area contributed by atoms with Crippen molar-refractivity contribution >= 4 is 28.6 Å². The molecule has 6 heteroatoms. The Balaban J connectivity index is 2.31. The fourth-order valence-electron chi connectivity index (χ4n) is 2.02. The van der Waals surface area contributed by atoms with Crippen LogP contribution in [-0.4, -0.2) is 54.1 Å². The zero-order chi connectivity index (χ0) is 15.6. The molecule has 2 rings (SSSR count). The molecule has 0 aromatic heterocycles. The molecule has 21 heavy (non-hydrogen) atoms. The Bertz CT molecular complexity index is 587. The first-order chi connectivity index (χ1) is 9.93. The van der Waals surface area contributed by atoms with Gasteiger partial charge in [-0.15, -0.1) is 0 Å². The van der Waals surface area contributed by atoms with E-state index in [1.807, 2.05) is 57.1 Å². The molecule has 2 N–H and O–H groups in total. The molecule has 0 saturated carbocycles. The van der Waals surface area contributed by atoms with E-state index >= 15 is 0 Å². The van der Waals surface area contributed by atoms with Crippen molar-refractivity contribution in [2.75, 3.05) is 25.6 Å². The second-order valence-electron chi connectivity index (χ2n) is 5.36. The van der Waals surface area contributed by atoms with Gasteiger partial charge < -0.3 is 10.0 Å². The highest BCUT2D eigenvalue weighted by atomic mass is 16.3. The molecule has 0 bridgehead atoms. The summed E-state index contributed by atoms with van der Waals surface area (Å²) in [6, 6.07) is 7.77. The first-order valence-corrected chi connectivity index (χ1v) is 6.87. The van der Waals surface area contributed by atoms with Crippen LogP contribution >= 0.6 is 0 Å². The molecule has 0 spiro atoms. The molecule has 1 aromatic carbocycles. The van der Waals surface area contributed by atoms with Gasteiger partial charge in [0.2, 0.25) is 0 Å². The molecule has 112 valence electrons. The van der Waals surface area contributed by atoms with Gasteiger partial charge in [0.05, 0.1) is 12.3 Å². The normalized spacial score (nSPS) is 16.9. The summed E-state index contributed by atoms with van der Waals surface area (Å²) >= 11 is 0. The quantitative estimate of drug-likeness (QED) is 0.887. The third-order valence-corrected chi connectivity index (χ3v) is 3.20. The van der Waals surface area contributed by atoms with Crippen molar-refractivity contribution in [1.82, 2.24) is 5.01 Å². The zero-order valence-corrected chi connectivity index (χ0v) is 12.8. The topological polar surface area (TPSA) is 75.3 Å². The first-order valence-electron chi connectivity index (χ1n) is 6.87. The number of nitrogens with zero attached hydrogens (tertiary/aromatic N) is 4. The van der Waals surface area contributed by atoms with Crippen LogP contribution in [0.1, 0.15) is 13.8 Å². The number of hydrogen-bond acceptors (Lipinski definition) is 5. The van der Waals surface area contributed by atoms with Gasteiger partial charge in [-0.05, 0) is 38.1 Å². The fraction of sp³-hybridized carbons (Fsp3) is 0.400. The number of benzene rings is 1. The van der Waals surface area contributed by atoms with Gasteiger partial charge in [0, 0.05) is 25.8 Å². The lowest BCUT2D eigenvalue weighted by Crippen LogP contribution is -2.32. The maximum absolute atomic E-state index is 9.41. The number of anilines is 1. The lowest BCUT2D eigenvalue weighted by molar-refractivity contribution is 0.347. The maximum Gasteiger partial charge on any atom is 0.169 e. The molecule has 0 atom stereocenters. The number of aliphatic imine (C=N–C) groups is 1. The van der Waals surface area contributed by atoms with E-state index in [1.54, 1.807) is 5.01 Å². The number of hydrogen-bond donors (Lipinski definition) is 2. The molecular formula is C15H21N5O. The van der Waals surface area contributed by atoms with Crippen LogP contribution in [0.15, 0.2) is 34.4 Å². The Morgan fingerprint density at radius 2 is 1.90 bits per heavy atom. The van der Waals surface area contributed by atoms with Crippen molar-refractivity contribution in [3.8, 4) is 0 Å². The molecule has 0 fully saturated rings. The second kappa shape index (κ2) is 6.05. The number of amidine groups is 1. The highest BCUT2D eigenvalue weighted by Crippen LogP contribution is 2.20. The third kappa shape index (κ3) is 3.11. The van der Waals surface area contributed by atoms with Crippen LogP contribution in [0.4, 0.5) is 11.4 Å². The van der Waals surface area contributed by atoms with Gasteiger partial charge in [0.15, 0.2) is 5.84 Å². The van der Waals surface area contributed by atoms with Gasteiger partial charge in [0.1, 0.15) is 11.4 Å². The van der Waals surface area contributed by atoms with Gasteiger partial charge in [-0.25, -0.2) is 10.0 Å². The largest absolute Gasteiger partial charge is 0.390 e. The lowest BCUT2D eigenvalue weighted by Gasteiger charge is -2.17. The Morgan fingerprint density at radius 3 is 2.38 bits per heavy atom. The molecule has 0 unspecified atom stereocenters. The Hall–Kier alpha value is -2.21. The van der Waals surface area contributed by atoms with E-state index in [1.165, 1.54) is 0 Å². The van der Waals surface area contributed by atoms with E-state index in [-0.39, 0.29) is 18.5 Å². The zero-order valence-electron chi connectivity index (χ0n) is 12.8. The van der Waals surface area contributed by atoms with Crippen molar-refractivity contribution < 1.29 is 5.11 Å². The molecule has 1 aliphatic rings. The van der Waals surface area contributed by atoms with Crippen molar-refractivity contribution in [2.45, 2.75) is 19.9 Å². The highest BCUT2D eigenvalue weighted by Gasteiger charge is 2.29. The van der Waals surface area contributed by atoms with Crippen molar-refractivity contribution in [1.29, 1.82) is 5.41 Å². The number of rotatable bonds is 4. The van der Waals surface area contributed by atoms with Gasteiger partial charge in [-0.3, -0.25) is 5.41 Å². The Kier molecular flexibility index (Phi) is 4.37. The minimum atomic E-state index is -0.222. The van der Waals surface area contributed by atoms with E-state index < -0.39 is 0 Å². The average molecular weight is 287 g/mol. The Morgan fingerprint density at radius 1 is 1.29 bits per heavy atom. The number of hydrazone groups is 1. The molecule has 1 aliphatic heterocycles.